The maximum atomic E-state index is 6.02. The lowest BCUT2D eigenvalue weighted by Crippen LogP contribution is -2.36. The molecule has 2 aromatic heterocycles. The highest BCUT2D eigenvalue weighted by atomic mass is 16.5. The average Bonchev–Trinajstić information content (AvgIpc) is 3.24. The minimum Gasteiger partial charge on any atom is -0.360 e. The fraction of sp³-hybridized carbons (Fsp3) is 0.828. The second kappa shape index (κ2) is 8.48. The predicted octanol–water partition coefficient (Wildman–Crippen LogP) is 7.95. The van der Waals surface area contributed by atoms with Crippen LogP contribution in [0.3, 0.4) is 0 Å². The molecule has 194 valence electrons. The lowest BCUT2D eigenvalue weighted by molar-refractivity contribution is 0.237. The molecule has 0 spiro atoms. The van der Waals surface area contributed by atoms with E-state index < -0.39 is 0 Å². The molecular formula is C29H52N4O. The van der Waals surface area contributed by atoms with Crippen molar-refractivity contribution in [2.45, 2.75) is 156 Å². The van der Waals surface area contributed by atoms with Gasteiger partial charge in [-0.1, -0.05) is 107 Å². The summed E-state index contributed by atoms with van der Waals surface area (Å²) in [6.07, 6.45) is 1.95. The first kappa shape index (κ1) is 28.6. The summed E-state index contributed by atoms with van der Waals surface area (Å²) >= 11 is 0. The van der Waals surface area contributed by atoms with Crippen molar-refractivity contribution in [3.63, 3.8) is 0 Å². The minimum atomic E-state index is -0.183. The molecule has 0 fully saturated rings. The van der Waals surface area contributed by atoms with Gasteiger partial charge in [-0.15, -0.1) is 5.10 Å². The van der Waals surface area contributed by atoms with E-state index in [2.05, 4.69) is 121 Å². The van der Waals surface area contributed by atoms with Gasteiger partial charge in [0.15, 0.2) is 0 Å². The van der Waals surface area contributed by atoms with Crippen molar-refractivity contribution < 1.29 is 4.52 Å². The van der Waals surface area contributed by atoms with Crippen LogP contribution < -0.4 is 0 Å². The van der Waals surface area contributed by atoms with Gasteiger partial charge in [0.25, 0.3) is 0 Å². The Kier molecular flexibility index (Phi) is 7.13. The summed E-state index contributed by atoms with van der Waals surface area (Å²) < 4.78 is 8.22. The molecule has 5 heteroatoms. The second-order valence-corrected chi connectivity index (χ2v) is 15.6. The molecule has 0 aliphatic heterocycles. The van der Waals surface area contributed by atoms with Crippen LogP contribution in [0, 0.1) is 0 Å². The monoisotopic (exact) mass is 472 g/mol. The average molecular weight is 473 g/mol. The van der Waals surface area contributed by atoms with Gasteiger partial charge < -0.3 is 4.52 Å². The van der Waals surface area contributed by atoms with Crippen molar-refractivity contribution in [1.29, 1.82) is 0 Å². The van der Waals surface area contributed by atoms with Crippen LogP contribution >= 0.6 is 0 Å². The van der Waals surface area contributed by atoms with Gasteiger partial charge in [0.2, 0.25) is 0 Å². The van der Waals surface area contributed by atoms with E-state index in [1.807, 2.05) is 0 Å². The lowest BCUT2D eigenvalue weighted by Gasteiger charge is -2.36. The molecule has 0 saturated heterocycles. The Labute approximate surface area is 209 Å². The van der Waals surface area contributed by atoms with Gasteiger partial charge >= 0.3 is 0 Å². The van der Waals surface area contributed by atoms with Crippen molar-refractivity contribution in [2.24, 2.45) is 0 Å². The van der Waals surface area contributed by atoms with Crippen molar-refractivity contribution in [3.8, 4) is 0 Å². The van der Waals surface area contributed by atoms with E-state index in [0.29, 0.717) is 0 Å². The topological polar surface area (TPSA) is 56.7 Å². The van der Waals surface area contributed by atoms with Crippen molar-refractivity contribution >= 4 is 0 Å². The number of nitrogens with zero attached hydrogens (tertiary/aromatic N) is 4. The zero-order chi connectivity index (χ0) is 26.7. The molecule has 0 saturated carbocycles. The predicted molar refractivity (Wildman–Crippen MR) is 143 cm³/mol. The summed E-state index contributed by atoms with van der Waals surface area (Å²) in [5.41, 5.74) is 4.10. The van der Waals surface area contributed by atoms with E-state index in [1.165, 1.54) is 11.3 Å². The van der Waals surface area contributed by atoms with Crippen LogP contribution in [-0.2, 0) is 32.6 Å². The molecule has 0 radical (unpaired) electrons. The van der Waals surface area contributed by atoms with Gasteiger partial charge in [-0.2, -0.15) is 0 Å². The molecule has 34 heavy (non-hydrogen) atoms. The molecule has 2 rings (SSSR count). The first-order valence-electron chi connectivity index (χ1n) is 12.9. The van der Waals surface area contributed by atoms with Gasteiger partial charge in [0, 0.05) is 27.2 Å². The summed E-state index contributed by atoms with van der Waals surface area (Å²) in [4.78, 5) is 0. The third kappa shape index (κ3) is 5.76. The van der Waals surface area contributed by atoms with Crippen molar-refractivity contribution in [1.82, 2.24) is 20.2 Å². The molecule has 0 amide bonds. The smallest absolute Gasteiger partial charge is 0.146 e. The number of hydrogen-bond donors (Lipinski definition) is 0. The van der Waals surface area contributed by atoms with E-state index in [1.54, 1.807) is 0 Å². The van der Waals surface area contributed by atoms with E-state index in [9.17, 15) is 0 Å². The Hall–Kier alpha value is -1.65. The van der Waals surface area contributed by atoms with E-state index in [0.717, 1.165) is 30.0 Å². The van der Waals surface area contributed by atoms with Crippen LogP contribution in [0.4, 0.5) is 0 Å². The van der Waals surface area contributed by atoms with Crippen LogP contribution in [0.2, 0.25) is 0 Å². The molecule has 5 nitrogen and oxygen atoms in total. The Bertz CT molecular complexity index is 962. The summed E-state index contributed by atoms with van der Waals surface area (Å²) in [6, 6.07) is 0. The highest BCUT2D eigenvalue weighted by Crippen LogP contribution is 2.44. The van der Waals surface area contributed by atoms with Crippen LogP contribution in [0.5, 0.6) is 0 Å². The summed E-state index contributed by atoms with van der Waals surface area (Å²) in [7, 11) is 0. The zero-order valence-electron chi connectivity index (χ0n) is 25.1. The Morgan fingerprint density at radius 3 is 1.53 bits per heavy atom. The maximum Gasteiger partial charge on any atom is 0.146 e. The number of aromatic nitrogens is 4. The van der Waals surface area contributed by atoms with Crippen molar-refractivity contribution in [3.05, 3.63) is 28.4 Å². The fourth-order valence-corrected chi connectivity index (χ4v) is 4.67. The van der Waals surface area contributed by atoms with Crippen molar-refractivity contribution in [2.75, 3.05) is 0 Å². The number of rotatable bonds is 5. The molecule has 0 aliphatic rings. The summed E-state index contributed by atoms with van der Waals surface area (Å²) in [6.45, 7) is 36.0. The summed E-state index contributed by atoms with van der Waals surface area (Å²) in [5, 5.41) is 14.0. The highest BCUT2D eigenvalue weighted by Gasteiger charge is 2.41. The molecular weight excluding hydrogens is 420 g/mol. The van der Waals surface area contributed by atoms with Gasteiger partial charge in [-0.25, -0.2) is 4.68 Å². The molecule has 2 aromatic rings. The molecule has 2 heterocycles. The maximum absolute atomic E-state index is 6.02. The van der Waals surface area contributed by atoms with Crippen LogP contribution in [0.15, 0.2) is 4.52 Å². The quantitative estimate of drug-likeness (QED) is 0.443. The van der Waals surface area contributed by atoms with Crippen LogP contribution in [-0.4, -0.2) is 20.2 Å². The van der Waals surface area contributed by atoms with Crippen LogP contribution in [0.25, 0.3) is 0 Å². The molecule has 0 bridgehead atoms. The van der Waals surface area contributed by atoms with E-state index in [-0.39, 0.29) is 32.6 Å². The Morgan fingerprint density at radius 2 is 1.12 bits per heavy atom. The third-order valence-electron chi connectivity index (χ3n) is 6.79. The first-order valence-corrected chi connectivity index (χ1v) is 12.9. The molecule has 0 aromatic carbocycles. The SMILES string of the molecule is CC(C)(C)c1noc(C(C)(C)C)c1C(C)(C)CCC(C)(C)n1nnc(C(C)(C)C)c1C(C)(C)C. The van der Waals surface area contributed by atoms with Gasteiger partial charge in [0.05, 0.1) is 22.6 Å². The third-order valence-corrected chi connectivity index (χ3v) is 6.79. The normalized spacial score (nSPS) is 14.7. The van der Waals surface area contributed by atoms with Gasteiger partial charge in [-0.3, -0.25) is 0 Å². The zero-order valence-corrected chi connectivity index (χ0v) is 25.1. The Morgan fingerprint density at radius 1 is 0.618 bits per heavy atom. The first-order chi connectivity index (χ1) is 14.9. The largest absolute Gasteiger partial charge is 0.360 e. The standard InChI is InChI=1S/C29H52N4O/c1-24(2,3)20-19(23(34-31-20)27(10,11)12)28(13,14)17-18-29(15,16)33-22(26(7,8)9)21(30-32-33)25(4,5)6/h17-18H2,1-16H3. The van der Waals surface area contributed by atoms with Crippen LogP contribution in [0.1, 0.15) is 152 Å². The number of hydrogen-bond acceptors (Lipinski definition) is 4. The van der Waals surface area contributed by atoms with Gasteiger partial charge in [0.1, 0.15) is 5.76 Å². The molecule has 0 aliphatic carbocycles. The second-order valence-electron chi connectivity index (χ2n) is 15.6. The molecule has 0 unspecified atom stereocenters. The fourth-order valence-electron chi connectivity index (χ4n) is 4.67. The van der Waals surface area contributed by atoms with E-state index in [4.69, 9.17) is 14.8 Å². The minimum absolute atomic E-state index is 0.0494. The highest BCUT2D eigenvalue weighted by molar-refractivity contribution is 5.38. The Balaban J connectivity index is 2.52. The lowest BCUT2D eigenvalue weighted by atomic mass is 9.70. The molecule has 0 atom stereocenters. The van der Waals surface area contributed by atoms with Gasteiger partial charge in [-0.05, 0) is 32.1 Å². The molecule has 0 N–H and O–H groups in total. The summed E-state index contributed by atoms with van der Waals surface area (Å²) in [5.74, 6) is 1.01. The van der Waals surface area contributed by atoms with E-state index >= 15 is 0 Å².